The van der Waals surface area contributed by atoms with Crippen LogP contribution in [0.2, 0.25) is 0 Å². The van der Waals surface area contributed by atoms with Gasteiger partial charge in [-0.2, -0.15) is 0 Å². The van der Waals surface area contributed by atoms with Crippen molar-refractivity contribution < 1.29 is 9.53 Å². The minimum absolute atomic E-state index is 0.0993. The predicted molar refractivity (Wildman–Crippen MR) is 91.8 cm³/mol. The van der Waals surface area contributed by atoms with Gasteiger partial charge in [-0.25, -0.2) is 0 Å². The Balaban J connectivity index is 1.53. The highest BCUT2D eigenvalue weighted by Crippen LogP contribution is 2.65. The monoisotopic (exact) mass is 316 g/mol. The molecule has 2 heteroatoms. The smallest absolute Gasteiger partial charge is 0.302 e. The first-order chi connectivity index (χ1) is 10.9. The summed E-state index contributed by atoms with van der Waals surface area (Å²) in [6.45, 7) is 6.63. The van der Waals surface area contributed by atoms with Crippen molar-refractivity contribution in [3.8, 4) is 0 Å². The molecule has 0 aromatic rings. The Labute approximate surface area is 141 Å². The van der Waals surface area contributed by atoms with E-state index in [-0.39, 0.29) is 12.1 Å². The van der Waals surface area contributed by atoms with Crippen molar-refractivity contribution in [1.82, 2.24) is 0 Å². The van der Waals surface area contributed by atoms with Gasteiger partial charge in [0.05, 0.1) is 0 Å². The molecular formula is C21H32O2. The van der Waals surface area contributed by atoms with E-state index in [9.17, 15) is 4.79 Å². The highest BCUT2D eigenvalue weighted by molar-refractivity contribution is 5.66. The standard InChI is InChI=1S/C21H32O2/c1-14(22)23-16-8-12-21(3)15(13-16)6-7-17-18-5-4-10-20(18,2)11-9-19(17)21/h4,10,15-19H,5-9,11-13H2,1-3H3/t15-,16+,17-,18+,19+,20-,21-/m0/s1. The lowest BCUT2D eigenvalue weighted by Gasteiger charge is -2.60. The summed E-state index contributed by atoms with van der Waals surface area (Å²) < 4.78 is 5.56. The lowest BCUT2D eigenvalue weighted by Crippen LogP contribution is -2.53. The molecule has 0 heterocycles. The topological polar surface area (TPSA) is 26.3 Å². The molecule has 4 rings (SSSR count). The summed E-state index contributed by atoms with van der Waals surface area (Å²) in [6.07, 6.45) is 15.5. The summed E-state index contributed by atoms with van der Waals surface area (Å²) in [7, 11) is 0. The molecule has 0 aromatic carbocycles. The van der Waals surface area contributed by atoms with Crippen LogP contribution in [0, 0.1) is 34.5 Å². The summed E-state index contributed by atoms with van der Waals surface area (Å²) in [6, 6.07) is 0. The van der Waals surface area contributed by atoms with Gasteiger partial charge >= 0.3 is 5.97 Å². The number of fused-ring (bicyclic) bond motifs is 5. The van der Waals surface area contributed by atoms with Crippen LogP contribution in [0.1, 0.15) is 72.1 Å². The van der Waals surface area contributed by atoms with E-state index < -0.39 is 0 Å². The zero-order valence-corrected chi connectivity index (χ0v) is 15.0. The number of carbonyl (C=O) groups is 1. The third-order valence-electron chi connectivity index (χ3n) is 8.28. The SMILES string of the molecule is CC(=O)O[C@@H]1CC[C@@]2(C)[C@@H](CC[C@@H]3[C@H]2CC[C@]2(C)C=CC[C@H]32)C1. The Hall–Kier alpha value is -0.790. The van der Waals surface area contributed by atoms with Crippen LogP contribution in [0.3, 0.4) is 0 Å². The van der Waals surface area contributed by atoms with Crippen LogP contribution in [0.25, 0.3) is 0 Å². The van der Waals surface area contributed by atoms with Gasteiger partial charge in [-0.3, -0.25) is 4.79 Å². The number of esters is 1. The quantitative estimate of drug-likeness (QED) is 0.495. The molecule has 0 bridgehead atoms. The second-order valence-electron chi connectivity index (χ2n) is 9.35. The van der Waals surface area contributed by atoms with Gasteiger partial charge in [-0.15, -0.1) is 0 Å². The second kappa shape index (κ2) is 5.36. The molecule has 3 fully saturated rings. The van der Waals surface area contributed by atoms with Gasteiger partial charge in [0.2, 0.25) is 0 Å². The maximum atomic E-state index is 11.3. The molecule has 0 radical (unpaired) electrons. The fourth-order valence-corrected chi connectivity index (χ4v) is 7.04. The van der Waals surface area contributed by atoms with Gasteiger partial charge in [-0.1, -0.05) is 26.0 Å². The van der Waals surface area contributed by atoms with E-state index in [0.29, 0.717) is 10.8 Å². The van der Waals surface area contributed by atoms with Crippen molar-refractivity contribution in [1.29, 1.82) is 0 Å². The molecule has 4 aliphatic rings. The van der Waals surface area contributed by atoms with Gasteiger partial charge in [-0.05, 0) is 85.9 Å². The molecular weight excluding hydrogens is 284 g/mol. The molecule has 0 amide bonds. The predicted octanol–water partition coefficient (Wildman–Crippen LogP) is 5.13. The Morgan fingerprint density at radius 2 is 1.91 bits per heavy atom. The summed E-state index contributed by atoms with van der Waals surface area (Å²) in [5.41, 5.74) is 0.975. The van der Waals surface area contributed by atoms with E-state index in [1.807, 2.05) is 0 Å². The zero-order chi connectivity index (χ0) is 16.2. The van der Waals surface area contributed by atoms with Gasteiger partial charge in [0.15, 0.2) is 0 Å². The normalized spacial score (nSPS) is 51.5. The molecule has 4 aliphatic carbocycles. The Bertz CT molecular complexity index is 524. The summed E-state index contributed by atoms with van der Waals surface area (Å²) in [5.74, 6) is 3.39. The Kier molecular flexibility index (Phi) is 3.66. The van der Waals surface area contributed by atoms with Crippen molar-refractivity contribution in [3.05, 3.63) is 12.2 Å². The van der Waals surface area contributed by atoms with E-state index in [1.54, 1.807) is 6.92 Å². The summed E-state index contributed by atoms with van der Waals surface area (Å²) >= 11 is 0. The molecule has 7 atom stereocenters. The summed E-state index contributed by atoms with van der Waals surface area (Å²) in [4.78, 5) is 11.3. The van der Waals surface area contributed by atoms with Crippen molar-refractivity contribution in [2.75, 3.05) is 0 Å². The molecule has 0 N–H and O–H groups in total. The second-order valence-corrected chi connectivity index (χ2v) is 9.35. The average molecular weight is 316 g/mol. The first kappa shape index (κ1) is 15.7. The lowest BCUT2D eigenvalue weighted by molar-refractivity contribution is -0.158. The number of hydrogen-bond donors (Lipinski definition) is 0. The molecule has 0 spiro atoms. The molecule has 23 heavy (non-hydrogen) atoms. The van der Waals surface area contributed by atoms with Gasteiger partial charge in [0.1, 0.15) is 6.10 Å². The van der Waals surface area contributed by atoms with Crippen LogP contribution in [-0.2, 0) is 9.53 Å². The third-order valence-corrected chi connectivity index (χ3v) is 8.28. The maximum Gasteiger partial charge on any atom is 0.302 e. The molecule has 3 saturated carbocycles. The van der Waals surface area contributed by atoms with Crippen LogP contribution in [0.4, 0.5) is 0 Å². The van der Waals surface area contributed by atoms with E-state index >= 15 is 0 Å². The molecule has 2 nitrogen and oxygen atoms in total. The lowest BCUT2D eigenvalue weighted by atomic mass is 9.45. The number of carbonyl (C=O) groups excluding carboxylic acids is 1. The molecule has 0 unspecified atom stereocenters. The van der Waals surface area contributed by atoms with Crippen molar-refractivity contribution in [2.45, 2.75) is 78.2 Å². The van der Waals surface area contributed by atoms with Crippen LogP contribution in [-0.4, -0.2) is 12.1 Å². The minimum Gasteiger partial charge on any atom is -0.463 e. The Morgan fingerprint density at radius 1 is 1.09 bits per heavy atom. The van der Waals surface area contributed by atoms with Crippen LogP contribution in [0.5, 0.6) is 0 Å². The number of rotatable bonds is 1. The average Bonchev–Trinajstić information content (AvgIpc) is 2.89. The molecule has 0 aliphatic heterocycles. The molecule has 0 aromatic heterocycles. The van der Waals surface area contributed by atoms with E-state index in [4.69, 9.17) is 4.74 Å². The number of ether oxygens (including phenoxy) is 1. The third kappa shape index (κ3) is 2.39. The van der Waals surface area contributed by atoms with E-state index in [0.717, 1.165) is 36.5 Å². The van der Waals surface area contributed by atoms with E-state index in [2.05, 4.69) is 26.0 Å². The Morgan fingerprint density at radius 3 is 2.70 bits per heavy atom. The van der Waals surface area contributed by atoms with Crippen LogP contribution < -0.4 is 0 Å². The number of hydrogen-bond acceptors (Lipinski definition) is 2. The highest BCUT2D eigenvalue weighted by atomic mass is 16.5. The zero-order valence-electron chi connectivity index (χ0n) is 15.0. The highest BCUT2D eigenvalue weighted by Gasteiger charge is 2.57. The minimum atomic E-state index is -0.0993. The molecule has 0 saturated heterocycles. The fourth-order valence-electron chi connectivity index (χ4n) is 7.04. The van der Waals surface area contributed by atoms with Crippen molar-refractivity contribution >= 4 is 5.97 Å². The van der Waals surface area contributed by atoms with Crippen LogP contribution in [0.15, 0.2) is 12.2 Å². The largest absolute Gasteiger partial charge is 0.463 e. The summed E-state index contributed by atoms with van der Waals surface area (Å²) in [5, 5.41) is 0. The van der Waals surface area contributed by atoms with Crippen molar-refractivity contribution in [3.63, 3.8) is 0 Å². The first-order valence-electron chi connectivity index (χ1n) is 9.77. The first-order valence-corrected chi connectivity index (χ1v) is 9.77. The van der Waals surface area contributed by atoms with E-state index in [1.165, 1.54) is 38.5 Å². The van der Waals surface area contributed by atoms with Gasteiger partial charge in [0.25, 0.3) is 0 Å². The van der Waals surface area contributed by atoms with Gasteiger partial charge < -0.3 is 4.74 Å². The van der Waals surface area contributed by atoms with Gasteiger partial charge in [0, 0.05) is 6.92 Å². The molecule has 128 valence electrons. The maximum absolute atomic E-state index is 11.3. The van der Waals surface area contributed by atoms with Crippen LogP contribution >= 0.6 is 0 Å². The number of allylic oxidation sites excluding steroid dienone is 2. The van der Waals surface area contributed by atoms with Crippen molar-refractivity contribution in [2.24, 2.45) is 34.5 Å². The fraction of sp³-hybridized carbons (Fsp3) is 0.857.